The zero-order valence-corrected chi connectivity index (χ0v) is 22.0. The van der Waals surface area contributed by atoms with Crippen molar-refractivity contribution in [3.05, 3.63) is 35.9 Å². The van der Waals surface area contributed by atoms with E-state index in [4.69, 9.17) is 4.74 Å². The van der Waals surface area contributed by atoms with Gasteiger partial charge in [0.1, 0.15) is 11.6 Å². The highest BCUT2D eigenvalue weighted by molar-refractivity contribution is 7.86. The van der Waals surface area contributed by atoms with E-state index in [9.17, 15) is 32.5 Å². The summed E-state index contributed by atoms with van der Waals surface area (Å²) in [6.45, 7) is 4.09. The number of benzene rings is 1. The van der Waals surface area contributed by atoms with Crippen LogP contribution in [-0.2, 0) is 30.9 Å². The Morgan fingerprint density at radius 2 is 1.86 bits per heavy atom. The van der Waals surface area contributed by atoms with Gasteiger partial charge in [-0.1, -0.05) is 44.2 Å². The van der Waals surface area contributed by atoms with Crippen LogP contribution >= 0.6 is 0 Å². The van der Waals surface area contributed by atoms with Gasteiger partial charge in [-0.25, -0.2) is 4.79 Å². The summed E-state index contributed by atoms with van der Waals surface area (Å²) in [5.74, 6) is -1.73. The van der Waals surface area contributed by atoms with Crippen LogP contribution in [0.15, 0.2) is 30.3 Å². The third-order valence-electron chi connectivity index (χ3n) is 6.82. The molecule has 12 heteroatoms. The van der Waals surface area contributed by atoms with E-state index in [1.807, 2.05) is 44.2 Å². The second-order valence-electron chi connectivity index (χ2n) is 10.4. The molecule has 1 saturated carbocycles. The minimum Gasteiger partial charge on any atom is -0.443 e. The predicted octanol–water partition coefficient (Wildman–Crippen LogP) is 1.51. The minimum absolute atomic E-state index is 0.0189. The Bertz CT molecular complexity index is 1060. The number of aliphatic hydroxyl groups is 1. The first-order valence-corrected chi connectivity index (χ1v) is 14.1. The molecule has 1 aliphatic carbocycles. The van der Waals surface area contributed by atoms with Crippen LogP contribution in [0.1, 0.15) is 57.9 Å². The molecule has 0 aromatic heterocycles. The molecule has 1 aromatic rings. The molecule has 1 heterocycles. The molecule has 5 N–H and O–H groups in total. The van der Waals surface area contributed by atoms with Crippen LogP contribution in [0.2, 0.25) is 0 Å². The molecule has 11 nitrogen and oxygen atoms in total. The first-order chi connectivity index (χ1) is 17.4. The highest BCUT2D eigenvalue weighted by atomic mass is 32.2. The molecule has 3 rings (SSSR count). The Kier molecular flexibility index (Phi) is 9.54. The number of alkyl carbamates (subject to hydrolysis) is 1. The van der Waals surface area contributed by atoms with E-state index in [2.05, 4.69) is 16.0 Å². The van der Waals surface area contributed by atoms with Crippen LogP contribution in [0.3, 0.4) is 0 Å². The normalized spacial score (nSPS) is 21.0. The van der Waals surface area contributed by atoms with Crippen LogP contribution in [0.4, 0.5) is 4.79 Å². The van der Waals surface area contributed by atoms with Gasteiger partial charge in [-0.15, -0.1) is 0 Å². The molecule has 206 valence electrons. The predicted molar refractivity (Wildman–Crippen MR) is 135 cm³/mol. The number of nitrogens with one attached hydrogen (secondary N) is 3. The fraction of sp³-hybridized carbons (Fsp3) is 0.640. The smallest absolute Gasteiger partial charge is 0.408 e. The van der Waals surface area contributed by atoms with Gasteiger partial charge < -0.3 is 25.8 Å². The third-order valence-corrected chi connectivity index (χ3v) is 7.76. The van der Waals surface area contributed by atoms with Gasteiger partial charge in [0.05, 0.1) is 6.04 Å². The van der Waals surface area contributed by atoms with Crippen LogP contribution in [0.25, 0.3) is 0 Å². The van der Waals surface area contributed by atoms with E-state index in [0.29, 0.717) is 19.4 Å². The van der Waals surface area contributed by atoms with Crippen molar-refractivity contribution in [2.24, 2.45) is 11.8 Å². The Morgan fingerprint density at radius 3 is 2.41 bits per heavy atom. The first-order valence-electron chi connectivity index (χ1n) is 12.6. The van der Waals surface area contributed by atoms with Crippen LogP contribution in [-0.4, -0.2) is 65.7 Å². The van der Waals surface area contributed by atoms with Crippen molar-refractivity contribution in [3.8, 4) is 0 Å². The number of aliphatic hydroxyl groups excluding tert-OH is 1. The highest BCUT2D eigenvalue weighted by Gasteiger charge is 2.47. The minimum atomic E-state index is -4.93. The van der Waals surface area contributed by atoms with E-state index in [1.54, 1.807) is 0 Å². The van der Waals surface area contributed by atoms with E-state index >= 15 is 0 Å². The quantitative estimate of drug-likeness (QED) is 0.235. The van der Waals surface area contributed by atoms with E-state index in [1.165, 1.54) is 0 Å². The molecule has 0 spiro atoms. The molecule has 1 unspecified atom stereocenters. The zero-order chi connectivity index (χ0) is 27.2. The SMILES string of the molecule is CC(C)C[C@H](NC(=O)OC1(CCc2ccccc2)CC1)C(=O)N[C@@H](C[C@@H]1CCNC1=O)C(O)S(=O)(=O)O. The van der Waals surface area contributed by atoms with Gasteiger partial charge in [0, 0.05) is 12.5 Å². The molecule has 2 aliphatic rings. The maximum absolute atomic E-state index is 13.1. The molecule has 0 bridgehead atoms. The molecule has 1 aliphatic heterocycles. The van der Waals surface area contributed by atoms with Gasteiger partial charge in [-0.05, 0) is 56.4 Å². The van der Waals surface area contributed by atoms with E-state index < -0.39 is 51.2 Å². The summed E-state index contributed by atoms with van der Waals surface area (Å²) in [7, 11) is -4.93. The number of carbonyl (C=O) groups is 3. The van der Waals surface area contributed by atoms with Crippen molar-refractivity contribution < 1.29 is 37.2 Å². The molecule has 2 fully saturated rings. The standard InChI is InChI=1S/C25H37N3O8S/c1-16(2)14-19(28-24(32)36-25(11-12-25)10-8-17-6-4-3-5-7-17)22(30)27-20(23(31)37(33,34)35)15-18-9-13-26-21(18)29/h3-7,16,18-20,23,31H,8-15H2,1-2H3,(H,26,29)(H,27,30)(H,28,32)(H,33,34,35)/t18-,19-,20-,23?/m0/s1. The lowest BCUT2D eigenvalue weighted by atomic mass is 9.97. The van der Waals surface area contributed by atoms with Crippen molar-refractivity contribution >= 4 is 28.0 Å². The lowest BCUT2D eigenvalue weighted by Gasteiger charge is -2.28. The number of ether oxygens (including phenoxy) is 1. The van der Waals surface area contributed by atoms with E-state index in [0.717, 1.165) is 24.8 Å². The van der Waals surface area contributed by atoms with Crippen molar-refractivity contribution in [2.75, 3.05) is 6.54 Å². The molecule has 1 aromatic carbocycles. The van der Waals surface area contributed by atoms with Gasteiger partial charge in [-0.3, -0.25) is 14.1 Å². The lowest BCUT2D eigenvalue weighted by molar-refractivity contribution is -0.126. The van der Waals surface area contributed by atoms with Crippen LogP contribution in [0, 0.1) is 11.8 Å². The summed E-state index contributed by atoms with van der Waals surface area (Å²) < 4.78 is 38.3. The third kappa shape index (κ3) is 8.68. The molecule has 0 radical (unpaired) electrons. The monoisotopic (exact) mass is 539 g/mol. The Hall–Kier alpha value is -2.70. The highest BCUT2D eigenvalue weighted by Crippen LogP contribution is 2.43. The topological polar surface area (TPSA) is 171 Å². The second-order valence-corrected chi connectivity index (χ2v) is 11.9. The van der Waals surface area contributed by atoms with Crippen LogP contribution in [0.5, 0.6) is 0 Å². The van der Waals surface area contributed by atoms with Crippen molar-refractivity contribution in [1.82, 2.24) is 16.0 Å². The molecule has 1 saturated heterocycles. The fourth-order valence-corrected chi connectivity index (χ4v) is 5.14. The average molecular weight is 540 g/mol. The molecular formula is C25H37N3O8S. The summed E-state index contributed by atoms with van der Waals surface area (Å²) in [4.78, 5) is 37.9. The van der Waals surface area contributed by atoms with Gasteiger partial charge in [0.15, 0.2) is 0 Å². The Balaban J connectivity index is 1.64. The molecule has 4 atom stereocenters. The summed E-state index contributed by atoms with van der Waals surface area (Å²) in [5, 5.41) is 17.8. The summed E-state index contributed by atoms with van der Waals surface area (Å²) in [6.07, 6.45) is 2.51. The van der Waals surface area contributed by atoms with Crippen molar-refractivity contribution in [3.63, 3.8) is 0 Å². The Labute approximate surface area is 217 Å². The van der Waals surface area contributed by atoms with Gasteiger partial charge in [0.2, 0.25) is 17.3 Å². The summed E-state index contributed by atoms with van der Waals surface area (Å²) in [6, 6.07) is 7.31. The number of carbonyl (C=O) groups excluding carboxylic acids is 3. The number of hydrogen-bond acceptors (Lipinski definition) is 7. The average Bonchev–Trinajstić information content (AvgIpc) is 3.47. The maximum atomic E-state index is 13.1. The van der Waals surface area contributed by atoms with Gasteiger partial charge in [-0.2, -0.15) is 8.42 Å². The Morgan fingerprint density at radius 1 is 1.19 bits per heavy atom. The lowest BCUT2D eigenvalue weighted by Crippen LogP contribution is -2.55. The second kappa shape index (κ2) is 12.2. The fourth-order valence-electron chi connectivity index (χ4n) is 4.54. The van der Waals surface area contributed by atoms with Crippen LogP contribution < -0.4 is 16.0 Å². The van der Waals surface area contributed by atoms with Gasteiger partial charge >= 0.3 is 6.09 Å². The molecular weight excluding hydrogens is 502 g/mol. The molecule has 37 heavy (non-hydrogen) atoms. The zero-order valence-electron chi connectivity index (χ0n) is 21.2. The summed E-state index contributed by atoms with van der Waals surface area (Å²) >= 11 is 0. The first kappa shape index (κ1) is 28.9. The maximum Gasteiger partial charge on any atom is 0.408 e. The molecule has 3 amide bonds. The van der Waals surface area contributed by atoms with Crippen molar-refractivity contribution in [1.29, 1.82) is 0 Å². The summed E-state index contributed by atoms with van der Waals surface area (Å²) in [5.41, 5.74) is -1.78. The van der Waals surface area contributed by atoms with E-state index in [-0.39, 0.29) is 24.7 Å². The number of hydrogen-bond donors (Lipinski definition) is 5. The van der Waals surface area contributed by atoms with Gasteiger partial charge in [0.25, 0.3) is 10.1 Å². The largest absolute Gasteiger partial charge is 0.443 e. The number of aryl methyl sites for hydroxylation is 1. The number of rotatable bonds is 13. The van der Waals surface area contributed by atoms with Crippen molar-refractivity contribution in [2.45, 2.75) is 81.9 Å². The number of amides is 3.